The molecule has 5 rings (SSSR count). The van der Waals surface area contributed by atoms with Gasteiger partial charge in [0, 0.05) is 11.1 Å². The van der Waals surface area contributed by atoms with Gasteiger partial charge in [-0.15, -0.1) is 0 Å². The van der Waals surface area contributed by atoms with Crippen LogP contribution in [0.4, 0.5) is 14.5 Å². The minimum Gasteiger partial charge on any atom is -0.337 e. The minimum atomic E-state index is -0.720. The van der Waals surface area contributed by atoms with E-state index < -0.39 is 11.6 Å². The summed E-state index contributed by atoms with van der Waals surface area (Å²) in [6, 6.07) is 27.7. The number of halogens is 2. The zero-order valence-corrected chi connectivity index (χ0v) is 16.4. The topological polar surface area (TPSA) is 41.0 Å². The summed E-state index contributed by atoms with van der Waals surface area (Å²) in [6.45, 7) is 0. The Hall–Kier alpha value is -4.12. The van der Waals surface area contributed by atoms with Gasteiger partial charge in [0.25, 0.3) is 0 Å². The first-order valence-corrected chi connectivity index (χ1v) is 9.82. The molecule has 0 radical (unpaired) electrons. The van der Waals surface area contributed by atoms with Crippen LogP contribution in [0.1, 0.15) is 5.82 Å². The number of nitrogens with one attached hydrogen (secondary N) is 1. The number of benzene rings is 4. The van der Waals surface area contributed by atoms with Crippen LogP contribution in [0.5, 0.6) is 0 Å². The van der Waals surface area contributed by atoms with Gasteiger partial charge in [0.1, 0.15) is 11.5 Å². The quantitative estimate of drug-likeness (QED) is 0.321. The molecule has 1 aromatic heterocycles. The number of hydrogen-bond acceptors (Lipinski definition) is 2. The maximum atomic E-state index is 13.9. The van der Waals surface area contributed by atoms with Crippen molar-refractivity contribution in [2.24, 2.45) is 4.99 Å². The van der Waals surface area contributed by atoms with Gasteiger partial charge in [-0.1, -0.05) is 78.9 Å². The van der Waals surface area contributed by atoms with Crippen molar-refractivity contribution in [3.8, 4) is 22.3 Å². The molecular formula is C26H17F2N3. The molecule has 5 heteroatoms. The molecular weight excluding hydrogens is 392 g/mol. The van der Waals surface area contributed by atoms with Crippen molar-refractivity contribution in [3.63, 3.8) is 0 Å². The molecule has 0 spiro atoms. The molecule has 1 heterocycles. The minimum absolute atomic E-state index is 0.338. The summed E-state index contributed by atoms with van der Waals surface area (Å²) in [5, 5.41) is 0. The lowest BCUT2D eigenvalue weighted by atomic mass is 9.98. The second kappa shape index (κ2) is 7.95. The second-order valence-electron chi connectivity index (χ2n) is 7.07. The predicted molar refractivity (Wildman–Crippen MR) is 121 cm³/mol. The first-order valence-electron chi connectivity index (χ1n) is 9.82. The first kappa shape index (κ1) is 18.9. The molecule has 0 saturated carbocycles. The number of aromatic nitrogens is 2. The number of H-pyrrole nitrogens is 1. The van der Waals surface area contributed by atoms with E-state index in [9.17, 15) is 8.78 Å². The number of aliphatic imine (C=N–C) groups is 1. The summed E-state index contributed by atoms with van der Waals surface area (Å²) >= 11 is 0. The number of rotatable bonds is 4. The lowest BCUT2D eigenvalue weighted by molar-refractivity contribution is 0.587. The zero-order valence-electron chi connectivity index (χ0n) is 16.4. The SMILES string of the molecule is Fc1cccc(F)c1N=Cc1nc2c(-c3ccccc3)ccc(-c3ccccc3)c2[nH]1. The number of imidazole rings is 1. The van der Waals surface area contributed by atoms with E-state index >= 15 is 0 Å². The van der Waals surface area contributed by atoms with Crippen LogP contribution in [0.2, 0.25) is 0 Å². The lowest BCUT2D eigenvalue weighted by Gasteiger charge is -2.07. The molecule has 0 unspecified atom stereocenters. The Morgan fingerprint density at radius 1 is 0.677 bits per heavy atom. The Bertz CT molecular complexity index is 1290. The van der Waals surface area contributed by atoms with Gasteiger partial charge in [0.05, 0.1) is 17.2 Å². The number of fused-ring (bicyclic) bond motifs is 1. The molecule has 0 aliphatic rings. The summed E-state index contributed by atoms with van der Waals surface area (Å²) in [5.74, 6) is -1.03. The van der Waals surface area contributed by atoms with Crippen molar-refractivity contribution in [1.29, 1.82) is 0 Å². The second-order valence-corrected chi connectivity index (χ2v) is 7.07. The number of para-hydroxylation sites is 1. The van der Waals surface area contributed by atoms with Crippen molar-refractivity contribution in [1.82, 2.24) is 9.97 Å². The molecule has 0 saturated heterocycles. The molecule has 31 heavy (non-hydrogen) atoms. The van der Waals surface area contributed by atoms with E-state index in [0.29, 0.717) is 5.82 Å². The smallest absolute Gasteiger partial charge is 0.151 e. The maximum absolute atomic E-state index is 13.9. The Kier molecular flexibility index (Phi) is 4.84. The Balaban J connectivity index is 1.68. The van der Waals surface area contributed by atoms with E-state index in [1.165, 1.54) is 24.4 Å². The zero-order chi connectivity index (χ0) is 21.2. The fraction of sp³-hybridized carbons (Fsp3) is 0. The Labute approximate surface area is 177 Å². The molecule has 0 aliphatic carbocycles. The summed E-state index contributed by atoms with van der Waals surface area (Å²) in [6.07, 6.45) is 1.35. The highest BCUT2D eigenvalue weighted by molar-refractivity contribution is 6.02. The highest BCUT2D eigenvalue weighted by atomic mass is 19.1. The molecule has 0 fully saturated rings. The van der Waals surface area contributed by atoms with Gasteiger partial charge in [-0.05, 0) is 23.3 Å². The summed E-state index contributed by atoms with van der Waals surface area (Å²) in [5.41, 5.74) is 5.28. The van der Waals surface area contributed by atoms with E-state index in [2.05, 4.69) is 16.0 Å². The highest BCUT2D eigenvalue weighted by Crippen LogP contribution is 2.34. The van der Waals surface area contributed by atoms with Crippen LogP contribution in [-0.2, 0) is 0 Å². The third-order valence-electron chi connectivity index (χ3n) is 5.09. The fourth-order valence-electron chi connectivity index (χ4n) is 3.62. The van der Waals surface area contributed by atoms with Crippen LogP contribution in [0.25, 0.3) is 33.3 Å². The average molecular weight is 409 g/mol. The van der Waals surface area contributed by atoms with Gasteiger partial charge >= 0.3 is 0 Å². The fourth-order valence-corrected chi connectivity index (χ4v) is 3.62. The molecule has 3 nitrogen and oxygen atoms in total. The molecule has 4 aromatic carbocycles. The van der Waals surface area contributed by atoms with E-state index in [-0.39, 0.29) is 5.69 Å². The van der Waals surface area contributed by atoms with Crippen LogP contribution < -0.4 is 0 Å². The van der Waals surface area contributed by atoms with Crippen molar-refractivity contribution in [3.05, 3.63) is 108 Å². The molecule has 150 valence electrons. The average Bonchev–Trinajstić information content (AvgIpc) is 3.23. The van der Waals surface area contributed by atoms with E-state index in [1.54, 1.807) is 0 Å². The summed E-state index contributed by atoms with van der Waals surface area (Å²) in [7, 11) is 0. The van der Waals surface area contributed by atoms with E-state index in [4.69, 9.17) is 4.98 Å². The van der Waals surface area contributed by atoms with Crippen molar-refractivity contribution >= 4 is 22.9 Å². The lowest BCUT2D eigenvalue weighted by Crippen LogP contribution is -1.86. The van der Waals surface area contributed by atoms with Crippen LogP contribution in [-0.4, -0.2) is 16.2 Å². The molecule has 0 amide bonds. The van der Waals surface area contributed by atoms with Gasteiger partial charge in [-0.2, -0.15) is 0 Å². The van der Waals surface area contributed by atoms with E-state index in [0.717, 1.165) is 33.3 Å². The standard InChI is InChI=1S/C26H17F2N3/c27-21-12-7-13-22(28)26(21)29-16-23-30-24-19(17-8-3-1-4-9-17)14-15-20(25(24)31-23)18-10-5-2-6-11-18/h1-16H,(H,30,31). The third kappa shape index (κ3) is 3.62. The summed E-state index contributed by atoms with van der Waals surface area (Å²) in [4.78, 5) is 12.0. The number of nitrogens with zero attached hydrogens (tertiary/aromatic N) is 2. The molecule has 0 aliphatic heterocycles. The van der Waals surface area contributed by atoms with Crippen molar-refractivity contribution in [2.45, 2.75) is 0 Å². The monoisotopic (exact) mass is 409 g/mol. The van der Waals surface area contributed by atoms with Crippen LogP contribution in [0.15, 0.2) is 96.0 Å². The Morgan fingerprint density at radius 2 is 1.26 bits per heavy atom. The predicted octanol–water partition coefficient (Wildman–Crippen LogP) is 6.93. The van der Waals surface area contributed by atoms with Gasteiger partial charge < -0.3 is 4.98 Å². The highest BCUT2D eigenvalue weighted by Gasteiger charge is 2.14. The van der Waals surface area contributed by atoms with Crippen molar-refractivity contribution in [2.75, 3.05) is 0 Å². The van der Waals surface area contributed by atoms with Crippen LogP contribution >= 0.6 is 0 Å². The normalized spacial score (nSPS) is 11.4. The number of aromatic amines is 1. The first-order chi connectivity index (χ1) is 15.2. The van der Waals surface area contributed by atoms with Gasteiger partial charge in [0.15, 0.2) is 11.6 Å². The van der Waals surface area contributed by atoms with Gasteiger partial charge in [-0.3, -0.25) is 0 Å². The van der Waals surface area contributed by atoms with Gasteiger partial charge in [0.2, 0.25) is 0 Å². The molecule has 0 bridgehead atoms. The summed E-state index contributed by atoms with van der Waals surface area (Å²) < 4.78 is 27.9. The molecule has 5 aromatic rings. The Morgan fingerprint density at radius 3 is 1.90 bits per heavy atom. The largest absolute Gasteiger partial charge is 0.337 e. The number of hydrogen-bond donors (Lipinski definition) is 1. The van der Waals surface area contributed by atoms with E-state index in [1.807, 2.05) is 66.7 Å². The molecule has 0 atom stereocenters. The van der Waals surface area contributed by atoms with Gasteiger partial charge in [-0.25, -0.2) is 18.8 Å². The third-order valence-corrected chi connectivity index (χ3v) is 5.09. The maximum Gasteiger partial charge on any atom is 0.151 e. The van der Waals surface area contributed by atoms with Crippen LogP contribution in [0, 0.1) is 11.6 Å². The van der Waals surface area contributed by atoms with Crippen molar-refractivity contribution < 1.29 is 8.78 Å². The van der Waals surface area contributed by atoms with Crippen LogP contribution in [0.3, 0.4) is 0 Å². The molecule has 1 N–H and O–H groups in total.